The highest BCUT2D eigenvalue weighted by molar-refractivity contribution is 9.10. The van der Waals surface area contributed by atoms with E-state index in [9.17, 15) is 14.4 Å². The number of fused-ring (bicyclic) bond motifs is 1. The molecule has 3 heterocycles. The summed E-state index contributed by atoms with van der Waals surface area (Å²) >= 11 is 9.69. The molecule has 5 aromatic rings. The van der Waals surface area contributed by atoms with E-state index in [2.05, 4.69) is 31.2 Å². The van der Waals surface area contributed by atoms with Gasteiger partial charge < -0.3 is 20.7 Å². The smallest absolute Gasteiger partial charge is 0.333 e. The molecule has 11 nitrogen and oxygen atoms in total. The van der Waals surface area contributed by atoms with Gasteiger partial charge in [0.1, 0.15) is 23.6 Å². The van der Waals surface area contributed by atoms with Crippen LogP contribution in [0.4, 0.5) is 5.82 Å². The maximum absolute atomic E-state index is 14.2. The fourth-order valence-corrected chi connectivity index (χ4v) is 6.34. The van der Waals surface area contributed by atoms with Gasteiger partial charge in [0.15, 0.2) is 0 Å². The van der Waals surface area contributed by atoms with Gasteiger partial charge in [0.2, 0.25) is 0 Å². The van der Waals surface area contributed by atoms with E-state index in [0.29, 0.717) is 43.7 Å². The predicted octanol–water partition coefficient (Wildman–Crippen LogP) is 5.61. The number of anilines is 1. The number of rotatable bonds is 8. The van der Waals surface area contributed by atoms with Crippen LogP contribution < -0.4 is 21.5 Å². The van der Waals surface area contributed by atoms with Gasteiger partial charge in [-0.3, -0.25) is 18.7 Å². The molecule has 244 valence electrons. The van der Waals surface area contributed by atoms with Gasteiger partial charge in [-0.25, -0.2) is 14.8 Å². The summed E-state index contributed by atoms with van der Waals surface area (Å²) in [6.45, 7) is 2.27. The van der Waals surface area contributed by atoms with E-state index in [0.717, 1.165) is 24.0 Å². The predicted molar refractivity (Wildman–Crippen MR) is 185 cm³/mol. The van der Waals surface area contributed by atoms with Gasteiger partial charge in [0.25, 0.3) is 11.8 Å². The Hall–Kier alpha value is -4.94. The first kappa shape index (κ1) is 31.6. The molecule has 3 N–H and O–H groups in total. The number of nitrogen functional groups attached to an aromatic ring is 1. The van der Waals surface area contributed by atoms with Gasteiger partial charge in [-0.15, -0.1) is 0 Å². The van der Waals surface area contributed by atoms with Crippen LogP contribution in [0.2, 0.25) is 5.02 Å². The topological polar surface area (TPSA) is 137 Å². The van der Waals surface area contributed by atoms with Gasteiger partial charge in [-0.1, -0.05) is 35.9 Å². The molecular weight excluding hydrogens is 698 g/mol. The SMILES string of the molecule is C[C@H]1Cn2c(c(C(=O)NCc3ccccc3-c3cc(N)ncn3)n(-c3ccc(OC4CC4)cc3)c2=O)CN1C(=O)c1ccc(Br)c(Cl)c1. The van der Waals surface area contributed by atoms with E-state index in [1.54, 1.807) is 58.0 Å². The molecule has 0 spiro atoms. The molecule has 0 bridgehead atoms. The van der Waals surface area contributed by atoms with Crippen molar-refractivity contribution >= 4 is 45.2 Å². The van der Waals surface area contributed by atoms with Crippen LogP contribution in [0.1, 0.15) is 51.9 Å². The van der Waals surface area contributed by atoms with Gasteiger partial charge in [0.05, 0.1) is 34.7 Å². The number of amides is 2. The Morgan fingerprint density at radius 1 is 1.06 bits per heavy atom. The minimum Gasteiger partial charge on any atom is -0.490 e. The third-order valence-corrected chi connectivity index (χ3v) is 9.76. The van der Waals surface area contributed by atoms with E-state index in [4.69, 9.17) is 22.1 Å². The number of nitrogens with two attached hydrogens (primary N) is 1. The van der Waals surface area contributed by atoms with Crippen LogP contribution in [0.25, 0.3) is 16.9 Å². The normalized spacial score (nSPS) is 15.6. The monoisotopic (exact) mass is 727 g/mol. The summed E-state index contributed by atoms with van der Waals surface area (Å²) < 4.78 is 9.60. The van der Waals surface area contributed by atoms with Crippen molar-refractivity contribution in [2.45, 2.75) is 51.5 Å². The number of ether oxygens (including phenoxy) is 1. The minimum atomic E-state index is -0.468. The number of carbonyl (C=O) groups is 2. The van der Waals surface area contributed by atoms with Gasteiger partial charge in [-0.05, 0) is 83.7 Å². The van der Waals surface area contributed by atoms with Crippen molar-refractivity contribution in [3.8, 4) is 22.7 Å². The number of aromatic nitrogens is 4. The average molecular weight is 729 g/mol. The van der Waals surface area contributed by atoms with Crippen molar-refractivity contribution < 1.29 is 14.3 Å². The Kier molecular flexibility index (Phi) is 8.52. The maximum Gasteiger partial charge on any atom is 0.333 e. The van der Waals surface area contributed by atoms with E-state index >= 15 is 0 Å². The zero-order chi connectivity index (χ0) is 33.5. The zero-order valence-corrected chi connectivity index (χ0v) is 28.2. The Morgan fingerprint density at radius 3 is 2.56 bits per heavy atom. The lowest BCUT2D eigenvalue weighted by molar-refractivity contribution is 0.0610. The summed E-state index contributed by atoms with van der Waals surface area (Å²) in [6, 6.07) is 21.0. The molecule has 1 fully saturated rings. The maximum atomic E-state index is 14.2. The van der Waals surface area contributed by atoms with Crippen molar-refractivity contribution in [3.05, 3.63) is 122 Å². The lowest BCUT2D eigenvalue weighted by Gasteiger charge is -2.34. The first-order valence-electron chi connectivity index (χ1n) is 15.5. The third kappa shape index (κ3) is 6.20. The van der Waals surface area contributed by atoms with Crippen LogP contribution in [-0.4, -0.2) is 48.0 Å². The van der Waals surface area contributed by atoms with Crippen LogP contribution in [0.5, 0.6) is 5.75 Å². The third-order valence-electron chi connectivity index (χ3n) is 8.53. The Balaban J connectivity index is 1.26. The first-order valence-corrected chi connectivity index (χ1v) is 16.7. The van der Waals surface area contributed by atoms with Gasteiger partial charge >= 0.3 is 5.69 Å². The Morgan fingerprint density at radius 2 is 1.83 bits per heavy atom. The number of halogens is 2. The fourth-order valence-electron chi connectivity index (χ4n) is 5.91. The van der Waals surface area contributed by atoms with Gasteiger partial charge in [-0.2, -0.15) is 0 Å². The van der Waals surface area contributed by atoms with Gasteiger partial charge in [0, 0.05) is 40.8 Å². The largest absolute Gasteiger partial charge is 0.490 e. The quantitative estimate of drug-likeness (QED) is 0.212. The summed E-state index contributed by atoms with van der Waals surface area (Å²) in [5.41, 5.74) is 9.25. The van der Waals surface area contributed by atoms with E-state index < -0.39 is 5.91 Å². The molecule has 1 saturated carbocycles. The van der Waals surface area contributed by atoms with Crippen molar-refractivity contribution in [2.24, 2.45) is 0 Å². The van der Waals surface area contributed by atoms with E-state index in [-0.39, 0.29) is 49.1 Å². The molecule has 1 aliphatic heterocycles. The van der Waals surface area contributed by atoms with Crippen molar-refractivity contribution in [2.75, 3.05) is 5.73 Å². The second-order valence-corrected chi connectivity index (χ2v) is 13.2. The number of hydrogen-bond acceptors (Lipinski definition) is 7. The molecule has 2 aromatic heterocycles. The van der Waals surface area contributed by atoms with Crippen LogP contribution in [0, 0.1) is 0 Å². The molecular formula is C35H31BrClN7O4. The first-order chi connectivity index (χ1) is 23.2. The molecule has 48 heavy (non-hydrogen) atoms. The number of hydrogen-bond donors (Lipinski definition) is 2. The van der Waals surface area contributed by atoms with Crippen LogP contribution in [-0.2, 0) is 19.6 Å². The molecule has 1 aliphatic carbocycles. The molecule has 1 atom stereocenters. The molecule has 2 amide bonds. The summed E-state index contributed by atoms with van der Waals surface area (Å²) in [5.74, 6) is 0.305. The van der Waals surface area contributed by atoms with Crippen LogP contribution in [0.15, 0.2) is 88.4 Å². The molecule has 3 aromatic carbocycles. The molecule has 0 saturated heterocycles. The van der Waals surface area contributed by atoms with E-state index in [1.165, 1.54) is 10.9 Å². The molecule has 0 unspecified atom stereocenters. The number of nitrogens with zero attached hydrogens (tertiary/aromatic N) is 5. The summed E-state index contributed by atoms with van der Waals surface area (Å²) in [4.78, 5) is 52.1. The van der Waals surface area contributed by atoms with Crippen molar-refractivity contribution in [1.29, 1.82) is 0 Å². The Bertz CT molecular complexity index is 2110. The minimum absolute atomic E-state index is 0.0400. The highest BCUT2D eigenvalue weighted by atomic mass is 79.9. The molecule has 7 rings (SSSR count). The van der Waals surface area contributed by atoms with Crippen molar-refractivity contribution in [1.82, 2.24) is 29.3 Å². The average Bonchev–Trinajstić information content (AvgIpc) is 3.86. The van der Waals surface area contributed by atoms with Crippen LogP contribution >= 0.6 is 27.5 Å². The fraction of sp³-hybridized carbons (Fsp3) is 0.229. The van der Waals surface area contributed by atoms with Crippen LogP contribution in [0.3, 0.4) is 0 Å². The second kappa shape index (κ2) is 12.9. The summed E-state index contributed by atoms with van der Waals surface area (Å²) in [7, 11) is 0. The number of nitrogens with one attached hydrogen (secondary N) is 1. The molecule has 2 aliphatic rings. The lowest BCUT2D eigenvalue weighted by atomic mass is 10.0. The summed E-state index contributed by atoms with van der Waals surface area (Å²) in [6.07, 6.45) is 3.65. The highest BCUT2D eigenvalue weighted by Gasteiger charge is 2.35. The van der Waals surface area contributed by atoms with Crippen molar-refractivity contribution in [3.63, 3.8) is 0 Å². The standard InChI is InChI=1S/C35H31BrClN7O4/c1-20-17-43-30(18-42(20)34(46)21-6-13-27(36)28(37)14-21)32(44(35(43)47)23-7-9-24(10-8-23)48-25-11-12-25)33(45)39-16-22-4-2-3-5-26(22)29-15-31(38)41-19-40-29/h2-10,13-15,19-20,25H,11-12,16-18H2,1H3,(H,39,45)(H2,38,40,41)/t20-/m0/s1. The Labute approximate surface area is 289 Å². The lowest BCUT2D eigenvalue weighted by Crippen LogP contribution is -2.47. The molecule has 0 radical (unpaired) electrons. The number of imidazole rings is 1. The highest BCUT2D eigenvalue weighted by Crippen LogP contribution is 2.30. The molecule has 13 heteroatoms. The number of carbonyl (C=O) groups excluding carboxylic acids is 2. The van der Waals surface area contributed by atoms with E-state index in [1.807, 2.05) is 31.2 Å². The zero-order valence-electron chi connectivity index (χ0n) is 25.9. The second-order valence-electron chi connectivity index (χ2n) is 11.9. The summed E-state index contributed by atoms with van der Waals surface area (Å²) in [5, 5.41) is 3.43. The number of benzene rings is 3.